The van der Waals surface area contributed by atoms with E-state index in [1.165, 1.54) is 25.8 Å². The number of carbonyl (C=O) groups excluding carboxylic acids is 4. The van der Waals surface area contributed by atoms with Gasteiger partial charge in [-0.05, 0) is 38.1 Å². The number of carbonyl (C=O) groups is 4. The van der Waals surface area contributed by atoms with Crippen LogP contribution in [0, 0.1) is 13.8 Å². The Hall–Kier alpha value is -4.96. The molecule has 2 aromatic heterocycles. The Morgan fingerprint density at radius 1 is 0.674 bits per heavy atom. The van der Waals surface area contributed by atoms with Crippen molar-refractivity contribution in [1.82, 2.24) is 29.4 Å². The monoisotopic (exact) mass is 666 g/mol. The maximum atomic E-state index is 12.8. The zero-order chi connectivity index (χ0) is 33.5. The van der Waals surface area contributed by atoms with E-state index in [1.54, 1.807) is 63.0 Å². The number of hydrogen-bond donors (Lipinski definition) is 2. The summed E-state index contributed by atoms with van der Waals surface area (Å²) < 4.78 is 30.7. The van der Waals surface area contributed by atoms with Crippen molar-refractivity contribution < 1.29 is 27.6 Å². The molecule has 2 saturated heterocycles. The molecule has 14 nitrogen and oxygen atoms in total. The number of benzene rings is 2. The van der Waals surface area contributed by atoms with E-state index in [-0.39, 0.29) is 22.8 Å². The topological polar surface area (TPSA) is 180 Å². The third-order valence-corrected chi connectivity index (χ3v) is 10.8. The highest BCUT2D eigenvalue weighted by atomic mass is 32.2. The highest BCUT2D eigenvalue weighted by molar-refractivity contribution is 8.01. The van der Waals surface area contributed by atoms with E-state index in [9.17, 15) is 37.2 Å². The van der Waals surface area contributed by atoms with E-state index in [0.29, 0.717) is 16.9 Å². The van der Waals surface area contributed by atoms with Gasteiger partial charge < -0.3 is 0 Å². The molecule has 16 heteroatoms. The number of nitrogens with zero attached hydrogens (tertiary/aromatic N) is 4. The van der Waals surface area contributed by atoms with Crippen molar-refractivity contribution in [3.63, 3.8) is 0 Å². The van der Waals surface area contributed by atoms with Crippen LogP contribution >= 0.6 is 11.8 Å². The molecule has 240 valence electrons. The molecule has 2 atom stereocenters. The fourth-order valence-electron chi connectivity index (χ4n) is 5.45. The van der Waals surface area contributed by atoms with Crippen LogP contribution in [0.1, 0.15) is 33.0 Å². The van der Waals surface area contributed by atoms with Gasteiger partial charge in [-0.1, -0.05) is 36.4 Å². The third kappa shape index (κ3) is 5.76. The summed E-state index contributed by atoms with van der Waals surface area (Å²) in [6, 6.07) is 17.9. The molecule has 4 aromatic rings. The molecule has 2 fully saturated rings. The molecule has 0 aliphatic carbocycles. The molecule has 2 aliphatic rings. The van der Waals surface area contributed by atoms with Crippen molar-refractivity contribution in [3.05, 3.63) is 104 Å². The van der Waals surface area contributed by atoms with Crippen molar-refractivity contribution >= 4 is 45.2 Å². The number of nitrogens with one attached hydrogen (secondary N) is 2. The average Bonchev–Trinajstić information content (AvgIpc) is 3.35. The minimum absolute atomic E-state index is 0.133. The highest BCUT2D eigenvalue weighted by Crippen LogP contribution is 2.32. The third-order valence-electron chi connectivity index (χ3n) is 7.80. The van der Waals surface area contributed by atoms with E-state index >= 15 is 0 Å². The van der Waals surface area contributed by atoms with Gasteiger partial charge in [-0.15, -0.1) is 11.8 Å². The highest BCUT2D eigenvalue weighted by Gasteiger charge is 2.45. The Morgan fingerprint density at radius 2 is 1.13 bits per heavy atom. The van der Waals surface area contributed by atoms with Crippen LogP contribution in [0.25, 0.3) is 11.4 Å². The van der Waals surface area contributed by atoms with Gasteiger partial charge in [0.15, 0.2) is 15.1 Å². The number of amides is 4. The van der Waals surface area contributed by atoms with E-state index in [1.807, 2.05) is 35.6 Å². The summed E-state index contributed by atoms with van der Waals surface area (Å²) in [6.45, 7) is 3.37. The fraction of sp³-hybridized carbons (Fsp3) is 0.267. The molecule has 2 aromatic carbocycles. The Balaban J connectivity index is 0.000000182. The minimum atomic E-state index is -4.09. The second-order valence-corrected chi connectivity index (χ2v) is 13.8. The van der Waals surface area contributed by atoms with Crippen LogP contribution in [0.3, 0.4) is 0 Å². The van der Waals surface area contributed by atoms with Crippen molar-refractivity contribution in [1.29, 1.82) is 0 Å². The van der Waals surface area contributed by atoms with Crippen LogP contribution in [0.5, 0.6) is 0 Å². The quantitative estimate of drug-likeness (QED) is 0.294. The zero-order valence-electron chi connectivity index (χ0n) is 25.2. The Bertz CT molecular complexity index is 2110. The number of thioether (sulfide) groups is 1. The first kappa shape index (κ1) is 32.4. The van der Waals surface area contributed by atoms with Crippen LogP contribution in [0.2, 0.25) is 0 Å². The Morgan fingerprint density at radius 3 is 1.61 bits per heavy atom. The minimum Gasteiger partial charge on any atom is -0.294 e. The number of hydrogen-bond acceptors (Lipinski definition) is 9. The average molecular weight is 667 g/mol. The van der Waals surface area contributed by atoms with E-state index in [4.69, 9.17) is 0 Å². The van der Waals surface area contributed by atoms with Crippen LogP contribution in [-0.4, -0.2) is 62.3 Å². The predicted octanol–water partition coefficient (Wildman–Crippen LogP) is 0.512. The normalized spacial score (nSPS) is 19.2. The van der Waals surface area contributed by atoms with E-state index in [0.717, 1.165) is 11.4 Å². The smallest absolute Gasteiger partial charge is 0.276 e. The largest absolute Gasteiger partial charge is 0.294 e. The number of rotatable bonds is 4. The maximum absolute atomic E-state index is 12.8. The van der Waals surface area contributed by atoms with Gasteiger partial charge in [-0.3, -0.25) is 48.8 Å². The summed E-state index contributed by atoms with van der Waals surface area (Å²) in [6.07, 6.45) is 0. The molecule has 6 rings (SSSR count). The van der Waals surface area contributed by atoms with Gasteiger partial charge in [0.25, 0.3) is 11.1 Å². The number of sulfone groups is 1. The van der Waals surface area contributed by atoms with Gasteiger partial charge in [0.1, 0.15) is 11.0 Å². The summed E-state index contributed by atoms with van der Waals surface area (Å²) >= 11 is 1.19. The van der Waals surface area contributed by atoms with Gasteiger partial charge in [0, 0.05) is 25.5 Å². The fourth-order valence-corrected chi connectivity index (χ4v) is 8.11. The van der Waals surface area contributed by atoms with Gasteiger partial charge in [0.2, 0.25) is 23.6 Å². The summed E-state index contributed by atoms with van der Waals surface area (Å²) in [4.78, 5) is 72.4. The van der Waals surface area contributed by atoms with Gasteiger partial charge >= 0.3 is 0 Å². The molecule has 2 N–H and O–H groups in total. The first-order chi connectivity index (χ1) is 21.7. The number of para-hydroxylation sites is 2. The predicted molar refractivity (Wildman–Crippen MR) is 170 cm³/mol. The number of imide groups is 2. The first-order valence-corrected chi connectivity index (χ1v) is 16.7. The number of aromatic nitrogens is 4. The second kappa shape index (κ2) is 12.4. The molecule has 4 heterocycles. The molecule has 2 aliphatic heterocycles. The lowest BCUT2D eigenvalue weighted by atomic mass is 10.1. The molecule has 0 radical (unpaired) electrons. The SMILES string of the molecule is Cc1c(C2C(=O)NC(=O)CS2(=O)=O)c(=O)n(-c2ccccc2)n1C.Cc1c(C2SCC(=O)NC2=O)c(=O)n(-c2ccccc2)n1C. The van der Waals surface area contributed by atoms with Crippen molar-refractivity contribution in [2.24, 2.45) is 14.1 Å². The van der Waals surface area contributed by atoms with Gasteiger partial charge in [0.05, 0.1) is 28.3 Å². The molecule has 4 amide bonds. The summed E-state index contributed by atoms with van der Waals surface area (Å²) in [7, 11) is -0.709. The van der Waals surface area contributed by atoms with Crippen molar-refractivity contribution in [2.45, 2.75) is 24.3 Å². The summed E-state index contributed by atoms with van der Waals surface area (Å²) in [5.41, 5.74) is 1.82. The Kier molecular flexibility index (Phi) is 8.77. The molecule has 2 unspecified atom stereocenters. The van der Waals surface area contributed by atoms with Crippen LogP contribution < -0.4 is 21.8 Å². The van der Waals surface area contributed by atoms with E-state index < -0.39 is 49.4 Å². The molecular weight excluding hydrogens is 636 g/mol. The molecule has 0 spiro atoms. The van der Waals surface area contributed by atoms with Gasteiger partial charge in [-0.25, -0.2) is 17.8 Å². The summed E-state index contributed by atoms with van der Waals surface area (Å²) in [5.74, 6) is -3.25. The summed E-state index contributed by atoms with van der Waals surface area (Å²) in [5, 5.41) is 1.95. The molecule has 46 heavy (non-hydrogen) atoms. The van der Waals surface area contributed by atoms with Gasteiger partial charge in [-0.2, -0.15) is 0 Å². The lowest BCUT2D eigenvalue weighted by Gasteiger charge is -2.20. The van der Waals surface area contributed by atoms with Crippen molar-refractivity contribution in [3.8, 4) is 11.4 Å². The molecule has 0 bridgehead atoms. The van der Waals surface area contributed by atoms with Crippen LogP contribution in [0.15, 0.2) is 70.3 Å². The lowest BCUT2D eigenvalue weighted by Crippen LogP contribution is -2.48. The van der Waals surface area contributed by atoms with Crippen LogP contribution in [0.4, 0.5) is 0 Å². The van der Waals surface area contributed by atoms with Crippen molar-refractivity contribution in [2.75, 3.05) is 11.5 Å². The standard InChI is InChI=1S/C15H15N3O5S.C15H15N3O3S/c1-9-12(13-14(20)16-11(19)8-24(13,22)23)15(21)18(17(9)2)10-6-4-3-5-7-10;1-9-12(13-14(20)16-11(19)8-22-13)15(21)18(17(9)2)10-6-4-3-5-7-10/h3-7,13H,8H2,1-2H3,(H,16,19,20);3-7,13H,8H2,1-2H3,(H,16,19,20). The maximum Gasteiger partial charge on any atom is 0.276 e. The second-order valence-electron chi connectivity index (χ2n) is 10.7. The first-order valence-electron chi connectivity index (χ1n) is 13.9. The zero-order valence-corrected chi connectivity index (χ0v) is 26.8. The molecule has 0 saturated carbocycles. The van der Waals surface area contributed by atoms with Crippen LogP contribution in [-0.2, 0) is 43.1 Å². The van der Waals surface area contributed by atoms with E-state index in [2.05, 4.69) is 5.32 Å². The Labute approximate surface area is 266 Å². The lowest BCUT2D eigenvalue weighted by molar-refractivity contribution is -0.131. The molecular formula is C30H30N6O8S2.